The van der Waals surface area contributed by atoms with Gasteiger partial charge in [0.15, 0.2) is 12.4 Å². The van der Waals surface area contributed by atoms with Gasteiger partial charge in [0.25, 0.3) is 0 Å². The molecule has 5 nitrogen and oxygen atoms in total. The molecule has 0 aliphatic carbocycles. The second kappa shape index (κ2) is 9.59. The maximum absolute atomic E-state index is 12.5. The standard InChI is InChI=1S/C26H20O5/c27-25(30-17-20-10-5-2-6-11-20)18-29-21-14-15-22-24(16-21)31-23(26(22)28)13-7-12-19-8-3-1-4-9-19/h1-16H,17-18H2/b12-7+,23-13-. The Kier molecular flexibility index (Phi) is 6.24. The van der Waals surface area contributed by atoms with E-state index in [1.165, 1.54) is 0 Å². The third kappa shape index (κ3) is 5.28. The van der Waals surface area contributed by atoms with Gasteiger partial charge >= 0.3 is 5.97 Å². The molecule has 0 bridgehead atoms. The highest BCUT2D eigenvalue weighted by molar-refractivity contribution is 6.12. The van der Waals surface area contributed by atoms with Gasteiger partial charge in [0.05, 0.1) is 5.56 Å². The SMILES string of the molecule is O=C(COc1ccc2c(c1)O/C(=C\C=C\c1ccccc1)C2=O)OCc1ccccc1. The molecule has 3 aromatic rings. The van der Waals surface area contributed by atoms with Crippen molar-refractivity contribution in [2.45, 2.75) is 6.61 Å². The van der Waals surface area contributed by atoms with Crippen molar-refractivity contribution in [3.63, 3.8) is 0 Å². The predicted molar refractivity (Wildman–Crippen MR) is 117 cm³/mol. The lowest BCUT2D eigenvalue weighted by molar-refractivity contribution is -0.147. The van der Waals surface area contributed by atoms with Crippen LogP contribution in [-0.2, 0) is 16.1 Å². The van der Waals surface area contributed by atoms with Gasteiger partial charge in [-0.3, -0.25) is 4.79 Å². The molecule has 31 heavy (non-hydrogen) atoms. The van der Waals surface area contributed by atoms with E-state index in [2.05, 4.69) is 0 Å². The summed E-state index contributed by atoms with van der Waals surface area (Å²) in [6.07, 6.45) is 5.30. The summed E-state index contributed by atoms with van der Waals surface area (Å²) in [6.45, 7) is -0.0441. The molecular formula is C26H20O5. The summed E-state index contributed by atoms with van der Waals surface area (Å²) in [5.74, 6) is 0.389. The number of hydrogen-bond donors (Lipinski definition) is 0. The number of rotatable bonds is 7. The first-order chi connectivity index (χ1) is 15.2. The average molecular weight is 412 g/mol. The van der Waals surface area contributed by atoms with Crippen LogP contribution in [0.5, 0.6) is 11.5 Å². The molecule has 1 heterocycles. The number of benzene rings is 3. The molecule has 0 unspecified atom stereocenters. The molecule has 0 fully saturated rings. The lowest BCUT2D eigenvalue weighted by Gasteiger charge is -2.08. The molecule has 1 aliphatic rings. The summed E-state index contributed by atoms with van der Waals surface area (Å²) in [5.41, 5.74) is 2.39. The molecule has 0 amide bonds. The topological polar surface area (TPSA) is 61.8 Å². The van der Waals surface area contributed by atoms with Crippen LogP contribution in [0.2, 0.25) is 0 Å². The summed E-state index contributed by atoms with van der Waals surface area (Å²) >= 11 is 0. The van der Waals surface area contributed by atoms with E-state index in [1.54, 1.807) is 30.4 Å². The normalized spacial score (nSPS) is 13.8. The van der Waals surface area contributed by atoms with Crippen LogP contribution in [0.15, 0.2) is 96.8 Å². The number of carbonyl (C=O) groups is 2. The minimum atomic E-state index is -0.479. The number of hydrogen-bond acceptors (Lipinski definition) is 5. The maximum atomic E-state index is 12.5. The molecule has 4 rings (SSSR count). The Bertz CT molecular complexity index is 1130. The van der Waals surface area contributed by atoms with E-state index in [0.717, 1.165) is 11.1 Å². The van der Waals surface area contributed by atoms with Crippen molar-refractivity contribution in [1.82, 2.24) is 0 Å². The second-order valence-electron chi connectivity index (χ2n) is 6.82. The maximum Gasteiger partial charge on any atom is 0.344 e. The smallest absolute Gasteiger partial charge is 0.344 e. The summed E-state index contributed by atoms with van der Waals surface area (Å²) in [5, 5.41) is 0. The van der Waals surface area contributed by atoms with Crippen LogP contribution >= 0.6 is 0 Å². The van der Waals surface area contributed by atoms with Gasteiger partial charge in [0.1, 0.15) is 18.1 Å². The molecule has 0 aromatic heterocycles. The molecule has 0 atom stereocenters. The van der Waals surface area contributed by atoms with Crippen LogP contribution in [-0.4, -0.2) is 18.4 Å². The Morgan fingerprint density at radius 2 is 1.68 bits per heavy atom. The number of Topliss-reactive ketones (excluding diaryl/α,β-unsaturated/α-hetero) is 1. The van der Waals surface area contributed by atoms with Crippen molar-refractivity contribution in [1.29, 1.82) is 0 Å². The first kappa shape index (κ1) is 20.2. The monoisotopic (exact) mass is 412 g/mol. The Morgan fingerprint density at radius 3 is 2.45 bits per heavy atom. The zero-order chi connectivity index (χ0) is 21.5. The third-order valence-corrected chi connectivity index (χ3v) is 4.58. The summed E-state index contributed by atoms with van der Waals surface area (Å²) < 4.78 is 16.4. The van der Waals surface area contributed by atoms with E-state index >= 15 is 0 Å². The highest BCUT2D eigenvalue weighted by Gasteiger charge is 2.27. The number of ether oxygens (including phenoxy) is 3. The predicted octanol–water partition coefficient (Wildman–Crippen LogP) is 4.98. The third-order valence-electron chi connectivity index (χ3n) is 4.58. The minimum absolute atomic E-state index is 0.190. The van der Waals surface area contributed by atoms with E-state index in [1.807, 2.05) is 66.7 Å². The molecular weight excluding hydrogens is 392 g/mol. The highest BCUT2D eigenvalue weighted by atomic mass is 16.6. The fourth-order valence-electron chi connectivity index (χ4n) is 3.00. The van der Waals surface area contributed by atoms with Crippen molar-refractivity contribution in [2.24, 2.45) is 0 Å². The van der Waals surface area contributed by atoms with Crippen LogP contribution in [0.3, 0.4) is 0 Å². The zero-order valence-electron chi connectivity index (χ0n) is 16.7. The van der Waals surface area contributed by atoms with Gasteiger partial charge < -0.3 is 14.2 Å². The van der Waals surface area contributed by atoms with Crippen molar-refractivity contribution >= 4 is 17.8 Å². The van der Waals surface area contributed by atoms with E-state index < -0.39 is 5.97 Å². The Morgan fingerprint density at radius 1 is 0.935 bits per heavy atom. The molecule has 0 radical (unpaired) electrons. The van der Waals surface area contributed by atoms with Gasteiger partial charge in [-0.2, -0.15) is 0 Å². The summed E-state index contributed by atoms with van der Waals surface area (Å²) in [4.78, 5) is 24.4. The highest BCUT2D eigenvalue weighted by Crippen LogP contribution is 2.34. The molecule has 5 heteroatoms. The quantitative estimate of drug-likeness (QED) is 0.405. The average Bonchev–Trinajstić information content (AvgIpc) is 3.12. The van der Waals surface area contributed by atoms with Gasteiger partial charge in [0, 0.05) is 6.07 Å². The molecule has 0 N–H and O–H groups in total. The molecule has 3 aromatic carbocycles. The lowest BCUT2D eigenvalue weighted by atomic mass is 10.1. The van der Waals surface area contributed by atoms with Crippen LogP contribution < -0.4 is 9.47 Å². The van der Waals surface area contributed by atoms with Crippen LogP contribution in [0.4, 0.5) is 0 Å². The Labute approximate surface area is 180 Å². The number of fused-ring (bicyclic) bond motifs is 1. The molecule has 0 saturated heterocycles. The van der Waals surface area contributed by atoms with Gasteiger partial charge in [-0.15, -0.1) is 0 Å². The van der Waals surface area contributed by atoms with Crippen LogP contribution in [0.25, 0.3) is 6.08 Å². The first-order valence-corrected chi connectivity index (χ1v) is 9.81. The van der Waals surface area contributed by atoms with Gasteiger partial charge in [-0.25, -0.2) is 4.79 Å². The van der Waals surface area contributed by atoms with Crippen molar-refractivity contribution in [3.05, 3.63) is 113 Å². The fraction of sp³-hybridized carbons (Fsp3) is 0.0769. The molecule has 0 spiro atoms. The summed E-state index contributed by atoms with van der Waals surface area (Å²) in [6, 6.07) is 24.0. The zero-order valence-corrected chi connectivity index (χ0v) is 16.7. The fourth-order valence-corrected chi connectivity index (χ4v) is 3.00. The minimum Gasteiger partial charge on any atom is -0.482 e. The van der Waals surface area contributed by atoms with Crippen molar-refractivity contribution < 1.29 is 23.8 Å². The lowest BCUT2D eigenvalue weighted by Crippen LogP contribution is -2.14. The number of ketones is 1. The van der Waals surface area contributed by atoms with Crippen molar-refractivity contribution in [3.8, 4) is 11.5 Å². The van der Waals surface area contributed by atoms with Crippen LogP contribution in [0, 0.1) is 0 Å². The van der Waals surface area contributed by atoms with Gasteiger partial charge in [-0.05, 0) is 29.3 Å². The van der Waals surface area contributed by atoms with E-state index in [4.69, 9.17) is 14.2 Å². The number of esters is 1. The first-order valence-electron chi connectivity index (χ1n) is 9.81. The van der Waals surface area contributed by atoms with Crippen LogP contribution in [0.1, 0.15) is 21.5 Å². The molecule has 0 saturated carbocycles. The second-order valence-corrected chi connectivity index (χ2v) is 6.82. The Balaban J connectivity index is 1.33. The molecule has 1 aliphatic heterocycles. The molecule has 154 valence electrons. The van der Waals surface area contributed by atoms with Crippen molar-refractivity contribution in [2.75, 3.05) is 6.61 Å². The Hall–Kier alpha value is -4.12. The number of allylic oxidation sites excluding steroid dienone is 3. The largest absolute Gasteiger partial charge is 0.482 e. The van der Waals surface area contributed by atoms with E-state index in [0.29, 0.717) is 17.1 Å². The van der Waals surface area contributed by atoms with Gasteiger partial charge in [0.2, 0.25) is 5.78 Å². The number of carbonyl (C=O) groups excluding carboxylic acids is 2. The summed E-state index contributed by atoms with van der Waals surface area (Å²) in [7, 11) is 0. The van der Waals surface area contributed by atoms with E-state index in [-0.39, 0.29) is 24.8 Å². The van der Waals surface area contributed by atoms with E-state index in [9.17, 15) is 9.59 Å². The van der Waals surface area contributed by atoms with Gasteiger partial charge in [-0.1, -0.05) is 72.8 Å².